The van der Waals surface area contributed by atoms with Crippen LogP contribution in [0.3, 0.4) is 0 Å². The van der Waals surface area contributed by atoms with Crippen molar-refractivity contribution < 1.29 is 5.11 Å². The Morgan fingerprint density at radius 1 is 1.04 bits per heavy atom. The zero-order valence-corrected chi connectivity index (χ0v) is 16.8. The number of benzene rings is 2. The van der Waals surface area contributed by atoms with E-state index in [4.69, 9.17) is 4.98 Å². The van der Waals surface area contributed by atoms with Gasteiger partial charge in [-0.25, -0.2) is 4.98 Å². The number of nitrogens with one attached hydrogen (secondary N) is 1. The lowest BCUT2D eigenvalue weighted by molar-refractivity contribution is 0.158. The van der Waals surface area contributed by atoms with Gasteiger partial charge >= 0.3 is 0 Å². The Morgan fingerprint density at radius 2 is 1.79 bits per heavy atom. The summed E-state index contributed by atoms with van der Waals surface area (Å²) in [4.78, 5) is 4.73. The van der Waals surface area contributed by atoms with E-state index >= 15 is 0 Å². The summed E-state index contributed by atoms with van der Waals surface area (Å²) in [5, 5.41) is 13.5. The van der Waals surface area contributed by atoms with E-state index in [1.807, 2.05) is 13.4 Å². The standard InChI is InChI=1S/C24H29N3O/c1-15(21-10-19-9-20(28)8-7-18(19)11-22(21)25-2)27-14-26-23-12-16-5-3-4-6-17(16)13-24(23)27/h10-15,20,25,28H,3-9H2,1-2H3/t15-,20?/m1/s1. The van der Waals surface area contributed by atoms with E-state index < -0.39 is 0 Å². The van der Waals surface area contributed by atoms with Crippen LogP contribution in [-0.4, -0.2) is 27.8 Å². The van der Waals surface area contributed by atoms with Gasteiger partial charge in [0.25, 0.3) is 0 Å². The smallest absolute Gasteiger partial charge is 0.0964 e. The van der Waals surface area contributed by atoms with Gasteiger partial charge in [0.1, 0.15) is 0 Å². The number of aryl methyl sites for hydroxylation is 3. The van der Waals surface area contributed by atoms with E-state index in [2.05, 4.69) is 41.1 Å². The molecule has 146 valence electrons. The number of anilines is 1. The second kappa shape index (κ2) is 6.93. The third-order valence-corrected chi connectivity index (χ3v) is 6.75. The number of fused-ring (bicyclic) bond motifs is 3. The molecule has 1 unspecified atom stereocenters. The van der Waals surface area contributed by atoms with Gasteiger partial charge in [-0.05, 0) is 97.9 Å². The first kappa shape index (κ1) is 17.7. The summed E-state index contributed by atoms with van der Waals surface area (Å²) in [6.45, 7) is 2.25. The van der Waals surface area contributed by atoms with Crippen molar-refractivity contribution >= 4 is 16.7 Å². The van der Waals surface area contributed by atoms with Crippen LogP contribution in [0.5, 0.6) is 0 Å². The minimum Gasteiger partial charge on any atom is -0.393 e. The molecule has 1 heterocycles. The zero-order valence-electron chi connectivity index (χ0n) is 16.8. The number of hydrogen-bond donors (Lipinski definition) is 2. The van der Waals surface area contributed by atoms with Gasteiger partial charge in [-0.3, -0.25) is 0 Å². The molecule has 28 heavy (non-hydrogen) atoms. The quantitative estimate of drug-likeness (QED) is 0.713. The fourth-order valence-electron chi connectivity index (χ4n) is 5.09. The molecule has 5 rings (SSSR count). The Labute approximate surface area is 166 Å². The molecular weight excluding hydrogens is 346 g/mol. The molecule has 4 nitrogen and oxygen atoms in total. The molecule has 0 saturated carbocycles. The Bertz CT molecular complexity index is 1040. The predicted octanol–water partition coefficient (Wildman–Crippen LogP) is 4.42. The van der Waals surface area contributed by atoms with Gasteiger partial charge in [-0.2, -0.15) is 0 Å². The van der Waals surface area contributed by atoms with Crippen LogP contribution in [0.4, 0.5) is 5.69 Å². The number of imidazole rings is 1. The van der Waals surface area contributed by atoms with Gasteiger partial charge in [0, 0.05) is 12.7 Å². The van der Waals surface area contributed by atoms with Gasteiger partial charge in [-0.15, -0.1) is 0 Å². The molecule has 0 bridgehead atoms. The second-order valence-electron chi connectivity index (χ2n) is 8.50. The highest BCUT2D eigenvalue weighted by molar-refractivity contribution is 5.78. The van der Waals surface area contributed by atoms with Crippen LogP contribution in [0.1, 0.15) is 60.0 Å². The van der Waals surface area contributed by atoms with Crippen LogP contribution < -0.4 is 5.32 Å². The highest BCUT2D eigenvalue weighted by atomic mass is 16.3. The van der Waals surface area contributed by atoms with Crippen molar-refractivity contribution in [1.29, 1.82) is 0 Å². The molecule has 0 amide bonds. The largest absolute Gasteiger partial charge is 0.393 e. The van der Waals surface area contributed by atoms with Crippen molar-refractivity contribution in [2.24, 2.45) is 0 Å². The molecule has 2 aliphatic carbocycles. The average Bonchev–Trinajstić information content (AvgIpc) is 3.13. The summed E-state index contributed by atoms with van der Waals surface area (Å²) < 4.78 is 2.31. The van der Waals surface area contributed by atoms with Crippen LogP contribution in [0.15, 0.2) is 30.6 Å². The minimum atomic E-state index is -0.211. The van der Waals surface area contributed by atoms with E-state index in [1.165, 1.54) is 64.7 Å². The van der Waals surface area contributed by atoms with E-state index in [0.29, 0.717) is 0 Å². The van der Waals surface area contributed by atoms with Crippen LogP contribution >= 0.6 is 0 Å². The third kappa shape index (κ3) is 2.91. The number of aliphatic hydroxyl groups excluding tert-OH is 1. The van der Waals surface area contributed by atoms with Gasteiger partial charge < -0.3 is 15.0 Å². The molecule has 0 fully saturated rings. The molecule has 3 aromatic rings. The summed E-state index contributed by atoms with van der Waals surface area (Å²) >= 11 is 0. The molecule has 0 saturated heterocycles. The first-order valence-corrected chi connectivity index (χ1v) is 10.6. The Kier molecular flexibility index (Phi) is 4.39. The lowest BCUT2D eigenvalue weighted by atomic mass is 9.86. The first-order valence-electron chi connectivity index (χ1n) is 10.6. The average molecular weight is 376 g/mol. The fourth-order valence-corrected chi connectivity index (χ4v) is 5.09. The summed E-state index contributed by atoms with van der Waals surface area (Å²) in [5.41, 5.74) is 10.4. The van der Waals surface area contributed by atoms with Gasteiger partial charge in [-0.1, -0.05) is 6.07 Å². The molecule has 2 atom stereocenters. The second-order valence-corrected chi connectivity index (χ2v) is 8.50. The molecule has 2 aliphatic rings. The number of rotatable bonds is 3. The van der Waals surface area contributed by atoms with Gasteiger partial charge in [0.05, 0.1) is 29.5 Å². The fraction of sp³-hybridized carbons (Fsp3) is 0.458. The third-order valence-electron chi connectivity index (χ3n) is 6.75. The van der Waals surface area contributed by atoms with Crippen molar-refractivity contribution in [3.05, 3.63) is 58.4 Å². The van der Waals surface area contributed by atoms with Gasteiger partial charge in [0.2, 0.25) is 0 Å². The van der Waals surface area contributed by atoms with Crippen molar-refractivity contribution in [3.8, 4) is 0 Å². The Morgan fingerprint density at radius 3 is 2.57 bits per heavy atom. The van der Waals surface area contributed by atoms with Crippen LogP contribution in [0.25, 0.3) is 11.0 Å². The van der Waals surface area contributed by atoms with Crippen LogP contribution in [0.2, 0.25) is 0 Å². The lowest BCUT2D eigenvalue weighted by Crippen LogP contribution is -2.20. The topological polar surface area (TPSA) is 50.1 Å². The molecule has 2 aromatic carbocycles. The molecule has 2 N–H and O–H groups in total. The van der Waals surface area contributed by atoms with Crippen molar-refractivity contribution in [3.63, 3.8) is 0 Å². The minimum absolute atomic E-state index is 0.179. The summed E-state index contributed by atoms with van der Waals surface area (Å²) in [6.07, 6.45) is 9.32. The number of aromatic nitrogens is 2. The SMILES string of the molecule is CNc1cc2c(cc1[C@@H](C)n1cnc3cc4c(cc31)CCCC4)CC(O)CC2. The molecule has 0 radical (unpaired) electrons. The van der Waals surface area contributed by atoms with E-state index in [1.54, 1.807) is 0 Å². The van der Waals surface area contributed by atoms with E-state index in [9.17, 15) is 5.11 Å². The summed E-state index contributed by atoms with van der Waals surface area (Å²) in [6, 6.07) is 9.44. The maximum absolute atomic E-state index is 10.1. The van der Waals surface area contributed by atoms with Crippen LogP contribution in [-0.2, 0) is 25.7 Å². The van der Waals surface area contributed by atoms with E-state index in [-0.39, 0.29) is 12.1 Å². The van der Waals surface area contributed by atoms with Crippen LogP contribution in [0, 0.1) is 0 Å². The lowest BCUT2D eigenvalue weighted by Gasteiger charge is -2.26. The molecule has 1 aromatic heterocycles. The zero-order chi connectivity index (χ0) is 19.3. The Balaban J connectivity index is 1.59. The maximum Gasteiger partial charge on any atom is 0.0964 e. The van der Waals surface area contributed by atoms with Crippen molar-refractivity contribution in [1.82, 2.24) is 9.55 Å². The molecule has 4 heteroatoms. The monoisotopic (exact) mass is 375 g/mol. The number of aliphatic hydroxyl groups is 1. The highest BCUT2D eigenvalue weighted by Gasteiger charge is 2.22. The Hall–Kier alpha value is -2.33. The number of hydrogen-bond acceptors (Lipinski definition) is 3. The highest BCUT2D eigenvalue weighted by Crippen LogP contribution is 2.35. The summed E-state index contributed by atoms with van der Waals surface area (Å²) in [7, 11) is 2.00. The molecule has 0 spiro atoms. The molecular formula is C24H29N3O. The maximum atomic E-state index is 10.1. The number of nitrogens with zero attached hydrogens (tertiary/aromatic N) is 2. The first-order chi connectivity index (χ1) is 13.6. The predicted molar refractivity (Wildman–Crippen MR) is 114 cm³/mol. The van der Waals surface area contributed by atoms with Gasteiger partial charge in [0.15, 0.2) is 0 Å². The van der Waals surface area contributed by atoms with Crippen molar-refractivity contribution in [2.75, 3.05) is 12.4 Å². The summed E-state index contributed by atoms with van der Waals surface area (Å²) in [5.74, 6) is 0. The molecule has 0 aliphatic heterocycles. The normalized spacial score (nSPS) is 19.9. The van der Waals surface area contributed by atoms with Crippen molar-refractivity contribution in [2.45, 2.75) is 64.0 Å². The van der Waals surface area contributed by atoms with E-state index in [0.717, 1.165) is 24.8 Å².